The molecule has 0 aliphatic rings. The van der Waals surface area contributed by atoms with Crippen LogP contribution in [0.1, 0.15) is 57.9 Å². The highest BCUT2D eigenvalue weighted by molar-refractivity contribution is 7.08. The highest BCUT2D eigenvalue weighted by atomic mass is 32.1. The Labute approximate surface area is 104 Å². The van der Waals surface area contributed by atoms with Crippen molar-refractivity contribution in [2.45, 2.75) is 58.8 Å². The van der Waals surface area contributed by atoms with Crippen molar-refractivity contribution >= 4 is 11.3 Å². The quantitative estimate of drug-likeness (QED) is 0.549. The van der Waals surface area contributed by atoms with Crippen LogP contribution in [0, 0.1) is 0 Å². The van der Waals surface area contributed by atoms with E-state index in [-0.39, 0.29) is 0 Å². The molecule has 0 aliphatic carbocycles. The van der Waals surface area contributed by atoms with Crippen LogP contribution in [0.3, 0.4) is 0 Å². The molecule has 1 aromatic heterocycles. The third-order valence-corrected chi connectivity index (χ3v) is 3.57. The van der Waals surface area contributed by atoms with Gasteiger partial charge in [-0.3, -0.25) is 0 Å². The summed E-state index contributed by atoms with van der Waals surface area (Å²) < 4.78 is 5.58. The molecular formula is C14H24OS. The smallest absolute Gasteiger partial charge is 0.133 e. The van der Waals surface area contributed by atoms with E-state index >= 15 is 0 Å². The molecule has 2 heteroatoms. The minimum Gasteiger partial charge on any atom is -0.493 e. The van der Waals surface area contributed by atoms with E-state index in [9.17, 15) is 0 Å². The molecule has 0 radical (unpaired) electrons. The molecule has 0 spiro atoms. The number of ether oxygens (including phenoxy) is 1. The van der Waals surface area contributed by atoms with Crippen molar-refractivity contribution < 1.29 is 4.74 Å². The summed E-state index contributed by atoms with van der Waals surface area (Å²) in [7, 11) is 0. The molecule has 0 amide bonds. The van der Waals surface area contributed by atoms with Crippen molar-refractivity contribution in [3.05, 3.63) is 16.3 Å². The number of aryl methyl sites for hydroxylation is 1. The van der Waals surface area contributed by atoms with Gasteiger partial charge in [0.15, 0.2) is 0 Å². The van der Waals surface area contributed by atoms with Crippen LogP contribution in [-0.4, -0.2) is 6.61 Å². The van der Waals surface area contributed by atoms with Gasteiger partial charge < -0.3 is 4.74 Å². The molecule has 1 nitrogen and oxygen atoms in total. The summed E-state index contributed by atoms with van der Waals surface area (Å²) in [6, 6.07) is 0. The molecule has 1 aromatic rings. The van der Waals surface area contributed by atoms with Crippen LogP contribution < -0.4 is 4.74 Å². The van der Waals surface area contributed by atoms with Gasteiger partial charge in [0, 0.05) is 10.9 Å². The summed E-state index contributed by atoms with van der Waals surface area (Å²) in [6.45, 7) is 5.09. The van der Waals surface area contributed by atoms with Gasteiger partial charge in [0.1, 0.15) is 5.75 Å². The first-order valence-corrected chi connectivity index (χ1v) is 7.50. The fourth-order valence-corrected chi connectivity index (χ4v) is 2.68. The maximum atomic E-state index is 5.58. The average Bonchev–Trinajstić information content (AvgIpc) is 2.72. The molecule has 0 fully saturated rings. The highest BCUT2D eigenvalue weighted by Crippen LogP contribution is 2.25. The molecule has 1 rings (SSSR count). The molecule has 0 atom stereocenters. The monoisotopic (exact) mass is 240 g/mol. The minimum absolute atomic E-state index is 0.778. The zero-order valence-electron chi connectivity index (χ0n) is 10.6. The van der Waals surface area contributed by atoms with Crippen molar-refractivity contribution in [1.82, 2.24) is 0 Å². The second-order valence-corrected chi connectivity index (χ2v) is 4.96. The number of rotatable bonds is 9. The van der Waals surface area contributed by atoms with Crippen LogP contribution in [0.2, 0.25) is 0 Å². The SMILES string of the molecule is CCCCCCCCc1cscc1OCC. The van der Waals surface area contributed by atoms with E-state index in [4.69, 9.17) is 4.74 Å². The standard InChI is InChI=1S/C14H24OS/c1-3-5-6-7-8-9-10-13-11-16-12-14(13)15-4-2/h11-12H,3-10H2,1-2H3. The van der Waals surface area contributed by atoms with Gasteiger partial charge in [0.2, 0.25) is 0 Å². The molecule has 0 saturated carbocycles. The first kappa shape index (κ1) is 13.6. The summed E-state index contributed by atoms with van der Waals surface area (Å²) in [5.74, 6) is 1.11. The first-order valence-electron chi connectivity index (χ1n) is 6.56. The van der Waals surface area contributed by atoms with Crippen LogP contribution >= 0.6 is 11.3 Å². The molecule has 0 aromatic carbocycles. The second-order valence-electron chi connectivity index (χ2n) is 4.21. The van der Waals surface area contributed by atoms with Crippen molar-refractivity contribution in [1.29, 1.82) is 0 Å². The predicted octanol–water partition coefficient (Wildman–Crippen LogP) is 5.05. The maximum absolute atomic E-state index is 5.58. The molecular weight excluding hydrogens is 216 g/mol. The Morgan fingerprint density at radius 2 is 1.75 bits per heavy atom. The van der Waals surface area contributed by atoms with E-state index < -0.39 is 0 Å². The highest BCUT2D eigenvalue weighted by Gasteiger charge is 2.03. The Morgan fingerprint density at radius 1 is 1.00 bits per heavy atom. The Balaban J connectivity index is 2.13. The third-order valence-electron chi connectivity index (χ3n) is 2.80. The zero-order valence-corrected chi connectivity index (χ0v) is 11.4. The lowest BCUT2D eigenvalue weighted by atomic mass is 10.1. The maximum Gasteiger partial charge on any atom is 0.133 e. The van der Waals surface area contributed by atoms with E-state index in [1.807, 2.05) is 6.92 Å². The zero-order chi connectivity index (χ0) is 11.6. The Morgan fingerprint density at radius 3 is 2.50 bits per heavy atom. The van der Waals surface area contributed by atoms with Crippen LogP contribution in [0.4, 0.5) is 0 Å². The summed E-state index contributed by atoms with van der Waals surface area (Å²) in [5, 5.41) is 4.35. The van der Waals surface area contributed by atoms with Gasteiger partial charge in [-0.15, -0.1) is 11.3 Å². The van der Waals surface area contributed by atoms with Crippen molar-refractivity contribution in [2.75, 3.05) is 6.61 Å². The number of hydrogen-bond acceptors (Lipinski definition) is 2. The topological polar surface area (TPSA) is 9.23 Å². The molecule has 0 N–H and O–H groups in total. The van der Waals surface area contributed by atoms with E-state index in [0.717, 1.165) is 12.4 Å². The van der Waals surface area contributed by atoms with E-state index in [1.165, 1.54) is 50.5 Å². The van der Waals surface area contributed by atoms with Crippen LogP contribution in [-0.2, 0) is 6.42 Å². The molecule has 0 bridgehead atoms. The van der Waals surface area contributed by atoms with E-state index in [1.54, 1.807) is 11.3 Å². The molecule has 1 heterocycles. The van der Waals surface area contributed by atoms with Crippen molar-refractivity contribution in [2.24, 2.45) is 0 Å². The molecule has 0 unspecified atom stereocenters. The molecule has 92 valence electrons. The predicted molar refractivity (Wildman–Crippen MR) is 72.6 cm³/mol. The van der Waals surface area contributed by atoms with Gasteiger partial charge in [0.25, 0.3) is 0 Å². The second kappa shape index (κ2) is 8.63. The fourth-order valence-electron chi connectivity index (χ4n) is 1.87. The normalized spacial score (nSPS) is 10.6. The Kier molecular flexibility index (Phi) is 7.32. The number of hydrogen-bond donors (Lipinski definition) is 0. The van der Waals surface area contributed by atoms with Gasteiger partial charge in [-0.1, -0.05) is 39.0 Å². The summed E-state index contributed by atoms with van der Waals surface area (Å²) >= 11 is 1.75. The lowest BCUT2D eigenvalue weighted by Gasteiger charge is -2.04. The Bertz CT molecular complexity index is 267. The van der Waals surface area contributed by atoms with Crippen LogP contribution in [0.15, 0.2) is 10.8 Å². The lowest BCUT2D eigenvalue weighted by molar-refractivity contribution is 0.338. The van der Waals surface area contributed by atoms with E-state index in [2.05, 4.69) is 17.7 Å². The van der Waals surface area contributed by atoms with Gasteiger partial charge >= 0.3 is 0 Å². The summed E-state index contributed by atoms with van der Waals surface area (Å²) in [5.41, 5.74) is 1.40. The third kappa shape index (κ3) is 5.02. The largest absolute Gasteiger partial charge is 0.493 e. The minimum atomic E-state index is 0.778. The fraction of sp³-hybridized carbons (Fsp3) is 0.714. The van der Waals surface area contributed by atoms with Crippen LogP contribution in [0.25, 0.3) is 0 Å². The van der Waals surface area contributed by atoms with Gasteiger partial charge in [-0.05, 0) is 25.1 Å². The molecule has 0 aliphatic heterocycles. The van der Waals surface area contributed by atoms with Gasteiger partial charge in [0.05, 0.1) is 6.61 Å². The van der Waals surface area contributed by atoms with Crippen molar-refractivity contribution in [3.8, 4) is 5.75 Å². The number of unbranched alkanes of at least 4 members (excludes halogenated alkanes) is 5. The van der Waals surface area contributed by atoms with Gasteiger partial charge in [-0.2, -0.15) is 0 Å². The lowest BCUT2D eigenvalue weighted by Crippen LogP contribution is -1.93. The summed E-state index contributed by atoms with van der Waals surface area (Å²) in [6.07, 6.45) is 9.37. The number of thiophene rings is 1. The average molecular weight is 240 g/mol. The van der Waals surface area contributed by atoms with E-state index in [0.29, 0.717) is 0 Å². The Hall–Kier alpha value is -0.500. The first-order chi connectivity index (χ1) is 7.88. The molecule has 16 heavy (non-hydrogen) atoms. The van der Waals surface area contributed by atoms with Crippen LogP contribution in [0.5, 0.6) is 5.75 Å². The molecule has 0 saturated heterocycles. The van der Waals surface area contributed by atoms with Crippen molar-refractivity contribution in [3.63, 3.8) is 0 Å². The van der Waals surface area contributed by atoms with Gasteiger partial charge in [-0.25, -0.2) is 0 Å². The summed E-state index contributed by atoms with van der Waals surface area (Å²) in [4.78, 5) is 0.